The fraction of sp³-hybridized carbons (Fsp3) is 0.107. The van der Waals surface area contributed by atoms with Crippen LogP contribution in [0.4, 0.5) is 0 Å². The largest absolute Gasteiger partial charge is 0.422 e. The van der Waals surface area contributed by atoms with Crippen LogP contribution in [-0.2, 0) is 4.74 Å². The molecule has 0 aromatic heterocycles. The summed E-state index contributed by atoms with van der Waals surface area (Å²) in [5, 5.41) is 2.33. The number of benzene rings is 4. The first-order valence-electron chi connectivity index (χ1n) is 10.1. The second-order valence-corrected chi connectivity index (χ2v) is 7.55. The molecule has 4 aromatic carbocycles. The van der Waals surface area contributed by atoms with Gasteiger partial charge < -0.3 is 4.74 Å². The normalized spacial score (nSPS) is 11.5. The lowest BCUT2D eigenvalue weighted by molar-refractivity contribution is 0.0693. The molecule has 0 heterocycles. The number of carbonyl (C=O) groups is 1. The summed E-state index contributed by atoms with van der Waals surface area (Å²) in [4.78, 5) is 13.0. The molecule has 30 heavy (non-hydrogen) atoms. The highest BCUT2D eigenvalue weighted by atomic mass is 16.5. The Balaban J connectivity index is 1.85. The smallest absolute Gasteiger partial charge is 0.343 e. The number of rotatable bonds is 4. The molecule has 0 unspecified atom stereocenters. The fourth-order valence-electron chi connectivity index (χ4n) is 3.71. The summed E-state index contributed by atoms with van der Waals surface area (Å²) < 4.78 is 5.99. The standard InChI is InChI=1S/C28H24O2/c1-19-10-4-6-13-24(19)27(30-28(29)25-14-7-5-11-20(25)2)18-22-17-16-21(3)23-12-8-9-15-26(22)23/h4-18H,1-3H3/b27-18-. The Labute approximate surface area is 177 Å². The molecular formula is C28H24O2. The summed E-state index contributed by atoms with van der Waals surface area (Å²) in [7, 11) is 0. The number of hydrogen-bond donors (Lipinski definition) is 0. The lowest BCUT2D eigenvalue weighted by Gasteiger charge is -2.14. The molecule has 4 aromatic rings. The quantitative estimate of drug-likeness (QED) is 0.210. The van der Waals surface area contributed by atoms with E-state index < -0.39 is 0 Å². The molecule has 0 fully saturated rings. The van der Waals surface area contributed by atoms with Gasteiger partial charge in [-0.2, -0.15) is 0 Å². The van der Waals surface area contributed by atoms with Crippen molar-refractivity contribution >= 4 is 28.6 Å². The predicted molar refractivity (Wildman–Crippen MR) is 124 cm³/mol. The van der Waals surface area contributed by atoms with Crippen molar-refractivity contribution in [2.24, 2.45) is 0 Å². The van der Waals surface area contributed by atoms with Gasteiger partial charge in [0.1, 0.15) is 5.76 Å². The summed E-state index contributed by atoms with van der Waals surface area (Å²) in [6.07, 6.45) is 1.97. The minimum absolute atomic E-state index is 0.348. The SMILES string of the molecule is Cc1ccccc1C(=O)O/C(=C\c1ccc(C)c2ccccc12)c1ccccc1C. The molecule has 148 valence electrons. The zero-order chi connectivity index (χ0) is 21.1. The minimum Gasteiger partial charge on any atom is -0.422 e. The van der Waals surface area contributed by atoms with Gasteiger partial charge in [-0.15, -0.1) is 0 Å². The van der Waals surface area contributed by atoms with Crippen molar-refractivity contribution in [2.45, 2.75) is 20.8 Å². The Kier molecular flexibility index (Phi) is 5.49. The lowest BCUT2D eigenvalue weighted by atomic mass is 9.98. The minimum atomic E-state index is -0.348. The van der Waals surface area contributed by atoms with Gasteiger partial charge in [0.15, 0.2) is 0 Å². The maximum absolute atomic E-state index is 13.0. The Morgan fingerprint density at radius 2 is 1.20 bits per heavy atom. The van der Waals surface area contributed by atoms with Crippen LogP contribution in [0.5, 0.6) is 0 Å². The second-order valence-electron chi connectivity index (χ2n) is 7.55. The maximum atomic E-state index is 13.0. The van der Waals surface area contributed by atoms with Crippen LogP contribution in [-0.4, -0.2) is 5.97 Å². The summed E-state index contributed by atoms with van der Waals surface area (Å²) in [5.74, 6) is 0.203. The molecule has 0 amide bonds. The highest BCUT2D eigenvalue weighted by Crippen LogP contribution is 2.29. The first-order chi connectivity index (χ1) is 14.5. The van der Waals surface area contributed by atoms with Crippen LogP contribution in [0.2, 0.25) is 0 Å². The van der Waals surface area contributed by atoms with Crippen LogP contribution in [0.25, 0.3) is 22.6 Å². The molecule has 0 aliphatic rings. The average Bonchev–Trinajstić information content (AvgIpc) is 2.76. The van der Waals surface area contributed by atoms with E-state index >= 15 is 0 Å². The van der Waals surface area contributed by atoms with Crippen molar-refractivity contribution in [3.8, 4) is 0 Å². The first-order valence-corrected chi connectivity index (χ1v) is 10.1. The van der Waals surface area contributed by atoms with Crippen LogP contribution in [0.3, 0.4) is 0 Å². The Bertz CT molecular complexity index is 1260. The monoisotopic (exact) mass is 392 g/mol. The van der Waals surface area contributed by atoms with E-state index in [9.17, 15) is 4.79 Å². The number of carbonyl (C=O) groups excluding carboxylic acids is 1. The molecule has 4 rings (SSSR count). The molecule has 0 N–H and O–H groups in total. The van der Waals surface area contributed by atoms with Crippen molar-refractivity contribution < 1.29 is 9.53 Å². The third kappa shape index (κ3) is 3.90. The van der Waals surface area contributed by atoms with Crippen LogP contribution < -0.4 is 0 Å². The van der Waals surface area contributed by atoms with Gasteiger partial charge >= 0.3 is 5.97 Å². The van der Waals surface area contributed by atoms with E-state index in [2.05, 4.69) is 31.2 Å². The van der Waals surface area contributed by atoms with Gasteiger partial charge in [0.05, 0.1) is 5.56 Å². The van der Waals surface area contributed by atoms with Gasteiger partial charge in [-0.25, -0.2) is 4.79 Å². The molecule has 0 aliphatic heterocycles. The summed E-state index contributed by atoms with van der Waals surface area (Å²) in [6, 6.07) is 27.9. The van der Waals surface area contributed by atoms with Crippen molar-refractivity contribution in [2.75, 3.05) is 0 Å². The van der Waals surface area contributed by atoms with E-state index in [1.54, 1.807) is 6.07 Å². The molecule has 0 aliphatic carbocycles. The van der Waals surface area contributed by atoms with Crippen LogP contribution in [0, 0.1) is 20.8 Å². The van der Waals surface area contributed by atoms with Crippen molar-refractivity contribution in [1.29, 1.82) is 0 Å². The van der Waals surface area contributed by atoms with E-state index in [1.807, 2.05) is 74.5 Å². The number of esters is 1. The van der Waals surface area contributed by atoms with Crippen LogP contribution >= 0.6 is 0 Å². The van der Waals surface area contributed by atoms with Gasteiger partial charge in [0, 0.05) is 5.56 Å². The van der Waals surface area contributed by atoms with E-state index in [0.717, 1.165) is 27.6 Å². The molecule has 0 bridgehead atoms. The zero-order valence-corrected chi connectivity index (χ0v) is 17.5. The molecule has 0 saturated carbocycles. The third-order valence-electron chi connectivity index (χ3n) is 5.44. The summed E-state index contributed by atoms with van der Waals surface area (Å²) in [6.45, 7) is 6.05. The number of fused-ring (bicyclic) bond motifs is 1. The molecule has 0 spiro atoms. The molecule has 0 radical (unpaired) electrons. The summed E-state index contributed by atoms with van der Waals surface area (Å²) >= 11 is 0. The van der Waals surface area contributed by atoms with Gasteiger partial charge in [-0.1, -0.05) is 78.9 Å². The van der Waals surface area contributed by atoms with Crippen molar-refractivity contribution in [1.82, 2.24) is 0 Å². The topological polar surface area (TPSA) is 26.3 Å². The number of hydrogen-bond acceptors (Lipinski definition) is 2. The highest BCUT2D eigenvalue weighted by Gasteiger charge is 2.16. The average molecular weight is 392 g/mol. The van der Waals surface area contributed by atoms with Crippen LogP contribution in [0.15, 0.2) is 84.9 Å². The molecule has 2 nitrogen and oxygen atoms in total. The molecule has 2 heteroatoms. The Morgan fingerprint density at radius 3 is 1.87 bits per heavy atom. The van der Waals surface area contributed by atoms with Gasteiger partial charge in [0.25, 0.3) is 0 Å². The highest BCUT2D eigenvalue weighted by molar-refractivity contribution is 6.00. The lowest BCUT2D eigenvalue weighted by Crippen LogP contribution is -2.07. The van der Waals surface area contributed by atoms with E-state index in [1.165, 1.54) is 10.9 Å². The Morgan fingerprint density at radius 1 is 0.633 bits per heavy atom. The fourth-order valence-corrected chi connectivity index (χ4v) is 3.71. The molecular weight excluding hydrogens is 368 g/mol. The second kappa shape index (κ2) is 8.38. The Hall–Kier alpha value is -3.65. The van der Waals surface area contributed by atoms with Crippen molar-refractivity contribution in [3.63, 3.8) is 0 Å². The van der Waals surface area contributed by atoms with Gasteiger partial charge in [-0.3, -0.25) is 0 Å². The zero-order valence-electron chi connectivity index (χ0n) is 17.5. The molecule has 0 atom stereocenters. The predicted octanol–water partition coefficient (Wildman–Crippen LogP) is 7.12. The van der Waals surface area contributed by atoms with E-state index in [-0.39, 0.29) is 5.97 Å². The molecule has 0 saturated heterocycles. The summed E-state index contributed by atoms with van der Waals surface area (Å²) in [5.41, 5.74) is 5.67. The van der Waals surface area contributed by atoms with Gasteiger partial charge in [-0.05, 0) is 65.9 Å². The van der Waals surface area contributed by atoms with Gasteiger partial charge in [0.2, 0.25) is 0 Å². The third-order valence-corrected chi connectivity index (χ3v) is 5.44. The van der Waals surface area contributed by atoms with Crippen molar-refractivity contribution in [3.05, 3.63) is 118 Å². The van der Waals surface area contributed by atoms with E-state index in [0.29, 0.717) is 11.3 Å². The van der Waals surface area contributed by atoms with Crippen LogP contribution in [0.1, 0.15) is 38.2 Å². The maximum Gasteiger partial charge on any atom is 0.343 e. The number of ether oxygens (including phenoxy) is 1. The number of aryl methyl sites for hydroxylation is 3. The van der Waals surface area contributed by atoms with E-state index in [4.69, 9.17) is 4.74 Å². The first kappa shape index (κ1) is 19.7.